The number of aromatic nitrogens is 1. The zero-order valence-corrected chi connectivity index (χ0v) is 23.8. The van der Waals surface area contributed by atoms with Crippen LogP contribution >= 0.6 is 12.4 Å². The van der Waals surface area contributed by atoms with E-state index >= 15 is 0 Å². The fraction of sp³-hybridized carbons (Fsp3) is 0.312. The molecule has 1 amide bonds. The zero-order valence-electron chi connectivity index (χ0n) is 22.9. The highest BCUT2D eigenvalue weighted by molar-refractivity contribution is 5.94. The lowest BCUT2D eigenvalue weighted by atomic mass is 10.1. The van der Waals surface area contributed by atoms with Crippen LogP contribution in [-0.2, 0) is 19.6 Å². The highest BCUT2D eigenvalue weighted by atomic mass is 35.5. The maximum Gasteiger partial charge on any atom is 0.254 e. The van der Waals surface area contributed by atoms with Crippen molar-refractivity contribution in [2.45, 2.75) is 33.5 Å². The number of carbonyl (C=O) groups excluding carboxylic acids is 1. The Bertz CT molecular complexity index is 1470. The number of aryl methyl sites for hydroxylation is 2. The number of halogens is 1. The Balaban J connectivity index is 0.00000353. The van der Waals surface area contributed by atoms with Crippen molar-refractivity contribution < 1.29 is 4.79 Å². The molecule has 0 atom stereocenters. The van der Waals surface area contributed by atoms with Crippen molar-refractivity contribution in [3.8, 4) is 0 Å². The molecule has 1 aliphatic rings. The average Bonchev–Trinajstić information content (AvgIpc) is 2.91. The fourth-order valence-corrected chi connectivity index (χ4v) is 5.01. The van der Waals surface area contributed by atoms with Gasteiger partial charge in [0.2, 0.25) is 0 Å². The number of fused-ring (bicyclic) bond motifs is 1. The maximum atomic E-state index is 13.8. The number of aromatic amines is 1. The first-order valence-electron chi connectivity index (χ1n) is 13.3. The molecule has 3 aromatic carbocycles. The largest absolute Gasteiger partial charge is 0.330 e. The van der Waals surface area contributed by atoms with Crippen LogP contribution in [0.5, 0.6) is 0 Å². The second-order valence-corrected chi connectivity index (χ2v) is 10.6. The molecule has 0 radical (unpaired) electrons. The molecule has 4 aromatic rings. The van der Waals surface area contributed by atoms with Crippen LogP contribution in [0.2, 0.25) is 0 Å². The summed E-state index contributed by atoms with van der Waals surface area (Å²) in [4.78, 5) is 36.3. The molecule has 2 heterocycles. The Hall–Kier alpha value is -3.45. The Morgan fingerprint density at radius 2 is 1.46 bits per heavy atom. The Kier molecular flexibility index (Phi) is 9.23. The maximum absolute atomic E-state index is 13.8. The lowest BCUT2D eigenvalue weighted by Gasteiger charge is -2.32. The number of benzene rings is 3. The predicted molar refractivity (Wildman–Crippen MR) is 161 cm³/mol. The molecule has 6 nitrogen and oxygen atoms in total. The minimum Gasteiger partial charge on any atom is -0.330 e. The van der Waals surface area contributed by atoms with Gasteiger partial charge < -0.3 is 14.8 Å². The van der Waals surface area contributed by atoms with Crippen LogP contribution in [0.3, 0.4) is 0 Å². The molecule has 5 rings (SSSR count). The Morgan fingerprint density at radius 3 is 2.15 bits per heavy atom. The number of piperazine rings is 1. The summed E-state index contributed by atoms with van der Waals surface area (Å²) in [6.45, 7) is 9.90. The molecule has 0 bridgehead atoms. The number of nitrogens with one attached hydrogen (secondary N) is 1. The van der Waals surface area contributed by atoms with Gasteiger partial charge in [0.05, 0.1) is 6.54 Å². The number of hydrogen-bond donors (Lipinski definition) is 1. The molecule has 1 fully saturated rings. The molecule has 39 heavy (non-hydrogen) atoms. The number of H-pyrrole nitrogens is 1. The molecule has 0 unspecified atom stereocenters. The van der Waals surface area contributed by atoms with E-state index in [1.54, 1.807) is 4.90 Å². The van der Waals surface area contributed by atoms with Crippen molar-refractivity contribution in [3.05, 3.63) is 117 Å². The first-order chi connectivity index (χ1) is 18.3. The van der Waals surface area contributed by atoms with Gasteiger partial charge in [-0.3, -0.25) is 14.5 Å². The van der Waals surface area contributed by atoms with E-state index in [2.05, 4.69) is 52.2 Å². The third-order valence-electron chi connectivity index (χ3n) is 7.42. The van der Waals surface area contributed by atoms with Gasteiger partial charge in [-0.2, -0.15) is 0 Å². The molecule has 1 aromatic heterocycles. The van der Waals surface area contributed by atoms with Gasteiger partial charge in [-0.1, -0.05) is 53.6 Å². The third-order valence-corrected chi connectivity index (χ3v) is 7.42. The average molecular weight is 545 g/mol. The Labute approximate surface area is 236 Å². The first kappa shape index (κ1) is 28.6. The SMILES string of the molecule is Cc1ccc(CN(Cc2cc3cc(C)ccc3[nH]c2=O)C(=O)c2ccc(CN3CCN(C)CC3)cc2)cc1.Cl. The lowest BCUT2D eigenvalue weighted by molar-refractivity contribution is 0.0729. The topological polar surface area (TPSA) is 59.7 Å². The van der Waals surface area contributed by atoms with E-state index in [0.717, 1.165) is 54.8 Å². The van der Waals surface area contributed by atoms with Crippen LogP contribution in [0.15, 0.2) is 77.6 Å². The minimum absolute atomic E-state index is 0. The molecular formula is C32H37ClN4O2. The molecule has 1 aliphatic heterocycles. The third kappa shape index (κ3) is 7.15. The molecule has 0 spiro atoms. The number of likely N-dealkylation sites (N-methyl/N-ethyl adjacent to an activating group) is 1. The normalized spacial score (nSPS) is 14.2. The fourth-order valence-electron chi connectivity index (χ4n) is 5.01. The van der Waals surface area contributed by atoms with E-state index in [-0.39, 0.29) is 30.4 Å². The van der Waals surface area contributed by atoms with Crippen LogP contribution < -0.4 is 5.56 Å². The monoisotopic (exact) mass is 544 g/mol. The van der Waals surface area contributed by atoms with Gasteiger partial charge in [0.25, 0.3) is 11.5 Å². The van der Waals surface area contributed by atoms with Gasteiger partial charge >= 0.3 is 0 Å². The quantitative estimate of drug-likeness (QED) is 0.349. The van der Waals surface area contributed by atoms with Crippen molar-refractivity contribution in [3.63, 3.8) is 0 Å². The van der Waals surface area contributed by atoms with E-state index in [1.165, 1.54) is 11.1 Å². The number of rotatable bonds is 7. The van der Waals surface area contributed by atoms with E-state index in [9.17, 15) is 9.59 Å². The molecule has 1 saturated heterocycles. The lowest BCUT2D eigenvalue weighted by Crippen LogP contribution is -2.43. The smallest absolute Gasteiger partial charge is 0.254 e. The van der Waals surface area contributed by atoms with Crippen molar-refractivity contribution >= 4 is 29.2 Å². The molecule has 1 N–H and O–H groups in total. The van der Waals surface area contributed by atoms with Crippen LogP contribution in [-0.4, -0.2) is 58.8 Å². The minimum atomic E-state index is -0.161. The van der Waals surface area contributed by atoms with Crippen LogP contribution in [0.1, 0.15) is 38.2 Å². The van der Waals surface area contributed by atoms with E-state index in [1.807, 2.05) is 56.3 Å². The predicted octanol–water partition coefficient (Wildman–Crippen LogP) is 5.16. The van der Waals surface area contributed by atoms with Crippen molar-refractivity contribution in [2.75, 3.05) is 33.2 Å². The number of carbonyl (C=O) groups is 1. The zero-order chi connectivity index (χ0) is 26.6. The van der Waals surface area contributed by atoms with Crippen LogP contribution in [0.4, 0.5) is 0 Å². The van der Waals surface area contributed by atoms with E-state index < -0.39 is 0 Å². The van der Waals surface area contributed by atoms with Gasteiger partial charge in [0, 0.05) is 55.9 Å². The molecule has 7 heteroatoms. The van der Waals surface area contributed by atoms with Gasteiger partial charge in [0.15, 0.2) is 0 Å². The van der Waals surface area contributed by atoms with Crippen molar-refractivity contribution in [2.24, 2.45) is 0 Å². The van der Waals surface area contributed by atoms with Crippen molar-refractivity contribution in [1.82, 2.24) is 19.7 Å². The van der Waals surface area contributed by atoms with E-state index in [4.69, 9.17) is 0 Å². The second-order valence-electron chi connectivity index (χ2n) is 10.6. The summed E-state index contributed by atoms with van der Waals surface area (Å²) in [6, 6.07) is 24.0. The molecule has 0 saturated carbocycles. The summed E-state index contributed by atoms with van der Waals surface area (Å²) in [5.41, 5.74) is 6.38. The Morgan fingerprint density at radius 1 is 0.821 bits per heavy atom. The summed E-state index contributed by atoms with van der Waals surface area (Å²) >= 11 is 0. The van der Waals surface area contributed by atoms with Gasteiger partial charge in [-0.15, -0.1) is 12.4 Å². The summed E-state index contributed by atoms with van der Waals surface area (Å²) in [5, 5.41) is 0.968. The van der Waals surface area contributed by atoms with Crippen LogP contribution in [0, 0.1) is 13.8 Å². The molecule has 0 aliphatic carbocycles. The summed E-state index contributed by atoms with van der Waals surface area (Å²) in [7, 11) is 2.16. The van der Waals surface area contributed by atoms with Crippen LogP contribution in [0.25, 0.3) is 10.9 Å². The van der Waals surface area contributed by atoms with E-state index in [0.29, 0.717) is 17.7 Å². The number of hydrogen-bond acceptors (Lipinski definition) is 4. The standard InChI is InChI=1S/C32H36N4O2.ClH/c1-23-4-7-26(8-5-23)21-36(22-29-19-28-18-24(2)6-13-30(28)33-31(29)37)32(38)27-11-9-25(10-12-27)20-35-16-14-34(3)15-17-35;/h4-13,18-19H,14-17,20-22H2,1-3H3,(H,33,37);1H. The van der Waals surface area contributed by atoms with Gasteiger partial charge in [-0.05, 0) is 67.7 Å². The molecular weight excluding hydrogens is 508 g/mol. The first-order valence-corrected chi connectivity index (χ1v) is 13.3. The second kappa shape index (κ2) is 12.6. The summed E-state index contributed by atoms with van der Waals surface area (Å²) in [6.07, 6.45) is 0. The molecule has 204 valence electrons. The highest BCUT2D eigenvalue weighted by Crippen LogP contribution is 2.18. The summed E-state index contributed by atoms with van der Waals surface area (Å²) < 4.78 is 0. The highest BCUT2D eigenvalue weighted by Gasteiger charge is 2.20. The van der Waals surface area contributed by atoms with Crippen molar-refractivity contribution in [1.29, 1.82) is 0 Å². The van der Waals surface area contributed by atoms with Gasteiger partial charge in [0.1, 0.15) is 0 Å². The van der Waals surface area contributed by atoms with Gasteiger partial charge in [-0.25, -0.2) is 0 Å². The number of amides is 1. The number of nitrogens with zero attached hydrogens (tertiary/aromatic N) is 3. The summed E-state index contributed by atoms with van der Waals surface area (Å²) in [5.74, 6) is -0.0829. The number of pyridine rings is 1.